The Kier molecular flexibility index (Phi) is 7.26. The van der Waals surface area contributed by atoms with Crippen molar-refractivity contribution in [2.75, 3.05) is 32.4 Å². The summed E-state index contributed by atoms with van der Waals surface area (Å²) in [6, 6.07) is 11.9. The van der Waals surface area contributed by atoms with Crippen molar-refractivity contribution in [3.63, 3.8) is 0 Å². The number of nitrogens with zero attached hydrogens (tertiary/aromatic N) is 6. The maximum Gasteiger partial charge on any atom is 0.410 e. The van der Waals surface area contributed by atoms with Gasteiger partial charge in [-0.1, -0.05) is 18.2 Å². The summed E-state index contributed by atoms with van der Waals surface area (Å²) in [4.78, 5) is 38.0. The molecule has 0 saturated carbocycles. The number of carbonyl (C=O) groups is 2. The van der Waals surface area contributed by atoms with E-state index in [-0.39, 0.29) is 17.8 Å². The first-order valence-corrected chi connectivity index (χ1v) is 13.8. The molecule has 2 amide bonds. The van der Waals surface area contributed by atoms with E-state index in [1.54, 1.807) is 57.2 Å². The number of piperazine rings is 1. The van der Waals surface area contributed by atoms with Crippen molar-refractivity contribution in [3.05, 3.63) is 66.2 Å². The fraction of sp³-hybridized carbons (Fsp3) is 0.321. The molecule has 39 heavy (non-hydrogen) atoms. The van der Waals surface area contributed by atoms with Gasteiger partial charge in [-0.05, 0) is 51.3 Å². The molecule has 0 bridgehead atoms. The zero-order valence-corrected chi connectivity index (χ0v) is 23.0. The van der Waals surface area contributed by atoms with Crippen molar-refractivity contribution in [3.8, 4) is 17.1 Å². The first kappa shape index (κ1) is 26.6. The SMILES string of the molecule is CSc1nn(-c2ncc(-c3ccccc3F)cn2)c2cc(C(=O)N3CCN(C(=O)OC(C)(C)C)CC3)ccc12. The van der Waals surface area contributed by atoms with Crippen LogP contribution < -0.4 is 0 Å². The first-order valence-electron chi connectivity index (χ1n) is 12.6. The molecule has 9 nitrogen and oxygen atoms in total. The lowest BCUT2D eigenvalue weighted by Crippen LogP contribution is -2.51. The molecule has 3 heterocycles. The fourth-order valence-electron chi connectivity index (χ4n) is 4.39. The molecule has 0 atom stereocenters. The van der Waals surface area contributed by atoms with Crippen LogP contribution in [0.5, 0.6) is 0 Å². The van der Waals surface area contributed by atoms with Gasteiger partial charge in [0.2, 0.25) is 0 Å². The quantitative estimate of drug-likeness (QED) is 0.330. The molecule has 11 heteroatoms. The second-order valence-electron chi connectivity index (χ2n) is 10.2. The van der Waals surface area contributed by atoms with Crippen LogP contribution >= 0.6 is 11.8 Å². The van der Waals surface area contributed by atoms with Crippen molar-refractivity contribution in [1.82, 2.24) is 29.5 Å². The zero-order chi connectivity index (χ0) is 27.7. The molecule has 2 aromatic heterocycles. The minimum atomic E-state index is -0.570. The van der Waals surface area contributed by atoms with Gasteiger partial charge in [0.05, 0.1) is 5.52 Å². The van der Waals surface area contributed by atoms with Gasteiger partial charge in [-0.25, -0.2) is 19.2 Å². The summed E-state index contributed by atoms with van der Waals surface area (Å²) in [5, 5.41) is 6.31. The summed E-state index contributed by atoms with van der Waals surface area (Å²) < 4.78 is 21.3. The number of halogens is 1. The molecule has 0 unspecified atom stereocenters. The number of hydrogen-bond donors (Lipinski definition) is 0. The van der Waals surface area contributed by atoms with Crippen LogP contribution in [0.15, 0.2) is 59.9 Å². The van der Waals surface area contributed by atoms with Gasteiger partial charge >= 0.3 is 6.09 Å². The summed E-state index contributed by atoms with van der Waals surface area (Å²) in [5.41, 5.74) is 1.60. The Bertz CT molecular complexity index is 1520. The van der Waals surface area contributed by atoms with Crippen LogP contribution in [0.1, 0.15) is 31.1 Å². The Morgan fingerprint density at radius 1 is 0.974 bits per heavy atom. The minimum Gasteiger partial charge on any atom is -0.444 e. The lowest BCUT2D eigenvalue weighted by atomic mass is 10.1. The average Bonchev–Trinajstić information content (AvgIpc) is 3.30. The lowest BCUT2D eigenvalue weighted by molar-refractivity contribution is 0.0141. The van der Waals surface area contributed by atoms with Gasteiger partial charge in [0.15, 0.2) is 0 Å². The third-order valence-corrected chi connectivity index (χ3v) is 7.01. The summed E-state index contributed by atoms with van der Waals surface area (Å²) in [6.07, 6.45) is 4.68. The standard InChI is InChI=1S/C28H29FN6O3S/c1-28(2,3)38-27(37)34-13-11-33(12-14-34)25(36)18-9-10-21-23(15-18)35(32-24(21)39-4)26-30-16-19(17-31-26)20-7-5-6-8-22(20)29/h5-10,15-17H,11-14H2,1-4H3. The van der Waals surface area contributed by atoms with Gasteiger partial charge < -0.3 is 14.5 Å². The van der Waals surface area contributed by atoms with Crippen LogP contribution in [-0.4, -0.2) is 79.6 Å². The Morgan fingerprint density at radius 2 is 1.64 bits per heavy atom. The molecule has 1 aliphatic rings. The third kappa shape index (κ3) is 5.58. The minimum absolute atomic E-state index is 0.130. The highest BCUT2D eigenvalue weighted by atomic mass is 32.2. The molecule has 0 N–H and O–H groups in total. The molecule has 0 radical (unpaired) electrons. The first-order chi connectivity index (χ1) is 18.6. The highest BCUT2D eigenvalue weighted by Crippen LogP contribution is 2.29. The molecular formula is C28H29FN6O3S. The Labute approximate surface area is 230 Å². The maximum absolute atomic E-state index is 14.2. The van der Waals surface area contributed by atoms with Crippen molar-refractivity contribution in [2.24, 2.45) is 0 Å². The van der Waals surface area contributed by atoms with Gasteiger partial charge in [-0.2, -0.15) is 9.78 Å². The number of aromatic nitrogens is 4. The number of hydrogen-bond acceptors (Lipinski definition) is 7. The van der Waals surface area contributed by atoms with Crippen molar-refractivity contribution in [2.45, 2.75) is 31.4 Å². The second-order valence-corrected chi connectivity index (χ2v) is 11.0. The van der Waals surface area contributed by atoms with Crippen LogP contribution in [0.4, 0.5) is 9.18 Å². The third-order valence-electron chi connectivity index (χ3n) is 6.32. The van der Waals surface area contributed by atoms with Gasteiger partial charge in [0.25, 0.3) is 11.9 Å². The molecule has 4 aromatic rings. The number of benzene rings is 2. The number of thioether (sulfide) groups is 1. The molecule has 5 rings (SSSR count). The number of ether oxygens (including phenoxy) is 1. The van der Waals surface area contributed by atoms with Crippen LogP contribution in [0.2, 0.25) is 0 Å². The van der Waals surface area contributed by atoms with E-state index in [2.05, 4.69) is 15.1 Å². The largest absolute Gasteiger partial charge is 0.444 e. The second kappa shape index (κ2) is 10.6. The van der Waals surface area contributed by atoms with Gasteiger partial charge in [-0.15, -0.1) is 11.8 Å². The van der Waals surface area contributed by atoms with E-state index < -0.39 is 5.60 Å². The number of carbonyl (C=O) groups excluding carboxylic acids is 2. The Balaban J connectivity index is 1.38. The summed E-state index contributed by atoms with van der Waals surface area (Å²) in [5.74, 6) is -0.163. The van der Waals surface area contributed by atoms with E-state index in [4.69, 9.17) is 4.74 Å². The number of fused-ring (bicyclic) bond motifs is 1. The van der Waals surface area contributed by atoms with E-state index >= 15 is 0 Å². The predicted octanol–water partition coefficient (Wildman–Crippen LogP) is 5.04. The van der Waals surface area contributed by atoms with Crippen LogP contribution in [0, 0.1) is 5.82 Å². The maximum atomic E-state index is 14.2. The lowest BCUT2D eigenvalue weighted by Gasteiger charge is -2.35. The van der Waals surface area contributed by atoms with E-state index in [0.717, 1.165) is 10.4 Å². The van der Waals surface area contributed by atoms with Crippen molar-refractivity contribution >= 4 is 34.7 Å². The summed E-state index contributed by atoms with van der Waals surface area (Å²) in [7, 11) is 0. The molecule has 0 aliphatic carbocycles. The van der Waals surface area contributed by atoms with E-state index in [9.17, 15) is 14.0 Å². The molecule has 1 saturated heterocycles. The van der Waals surface area contributed by atoms with Crippen molar-refractivity contribution < 1.29 is 18.7 Å². The summed E-state index contributed by atoms with van der Waals surface area (Å²) in [6.45, 7) is 7.11. The van der Waals surface area contributed by atoms with E-state index in [1.165, 1.54) is 17.8 Å². The van der Waals surface area contributed by atoms with Gasteiger partial charge in [0, 0.05) is 60.6 Å². The Morgan fingerprint density at radius 3 is 2.28 bits per heavy atom. The van der Waals surface area contributed by atoms with E-state index in [1.807, 2.05) is 33.1 Å². The number of amides is 2. The molecule has 202 valence electrons. The van der Waals surface area contributed by atoms with Gasteiger partial charge in [0.1, 0.15) is 16.4 Å². The molecule has 0 spiro atoms. The monoisotopic (exact) mass is 548 g/mol. The van der Waals surface area contributed by atoms with E-state index in [0.29, 0.717) is 54.3 Å². The number of rotatable bonds is 4. The Hall–Kier alpha value is -3.99. The smallest absolute Gasteiger partial charge is 0.410 e. The predicted molar refractivity (Wildman–Crippen MR) is 148 cm³/mol. The molecule has 1 aliphatic heterocycles. The summed E-state index contributed by atoms with van der Waals surface area (Å²) >= 11 is 1.48. The average molecular weight is 549 g/mol. The van der Waals surface area contributed by atoms with Gasteiger partial charge in [-0.3, -0.25) is 4.79 Å². The molecule has 2 aromatic carbocycles. The normalized spacial score (nSPS) is 14.1. The highest BCUT2D eigenvalue weighted by molar-refractivity contribution is 7.98. The highest BCUT2D eigenvalue weighted by Gasteiger charge is 2.28. The zero-order valence-electron chi connectivity index (χ0n) is 22.2. The molecular weight excluding hydrogens is 519 g/mol. The molecule has 1 fully saturated rings. The van der Waals surface area contributed by atoms with Crippen molar-refractivity contribution in [1.29, 1.82) is 0 Å². The van der Waals surface area contributed by atoms with Crippen LogP contribution in [0.25, 0.3) is 28.0 Å². The fourth-order valence-corrected chi connectivity index (χ4v) is 4.94. The van der Waals surface area contributed by atoms with Crippen LogP contribution in [-0.2, 0) is 4.74 Å². The topological polar surface area (TPSA) is 93.5 Å². The van der Waals surface area contributed by atoms with Crippen LogP contribution in [0.3, 0.4) is 0 Å².